The summed E-state index contributed by atoms with van der Waals surface area (Å²) in [6.07, 6.45) is 46.9. The van der Waals surface area contributed by atoms with Crippen molar-refractivity contribution in [3.05, 3.63) is 0 Å². The molecule has 0 saturated carbocycles. The summed E-state index contributed by atoms with van der Waals surface area (Å²) in [6, 6.07) is 0. The van der Waals surface area contributed by atoms with Crippen molar-refractivity contribution in [1.82, 2.24) is 0 Å². The summed E-state index contributed by atoms with van der Waals surface area (Å²) in [7, 11) is 1.38. The van der Waals surface area contributed by atoms with E-state index in [0.717, 1.165) is 32.1 Å². The second-order valence-electron chi connectivity index (χ2n) is 18.5. The van der Waals surface area contributed by atoms with E-state index in [0.29, 0.717) is 24.1 Å². The maximum atomic E-state index is 12.7. The van der Waals surface area contributed by atoms with Gasteiger partial charge in [0.15, 0.2) is 0 Å². The van der Waals surface area contributed by atoms with Gasteiger partial charge in [-0.25, -0.2) is 0 Å². The predicted octanol–water partition coefficient (Wildman–Crippen LogP) is 14.6. The molecule has 0 aromatic heterocycles. The van der Waals surface area contributed by atoms with Crippen LogP contribution in [0.5, 0.6) is 0 Å². The second-order valence-corrected chi connectivity index (χ2v) is 20.0. The molecule has 0 aliphatic rings. The third-order valence-electron chi connectivity index (χ3n) is 11.4. The molecular weight excluding hydrogens is 746 g/mol. The smallest absolute Gasteiger partial charge is 0.306 e. The molecule has 348 valence electrons. The van der Waals surface area contributed by atoms with Gasteiger partial charge in [0.1, 0.15) is 19.3 Å². The minimum atomic E-state index is -4.52. The molecule has 0 rings (SSSR count). The topological polar surface area (TPSA) is 94.1 Å². The molecule has 0 heterocycles. The molecule has 0 radical (unpaired) electrons. The Labute approximate surface area is 361 Å². The van der Waals surface area contributed by atoms with Crippen LogP contribution in [0.2, 0.25) is 0 Å². The number of quaternary nitrogens is 1. The average molecular weight is 846 g/mol. The van der Waals surface area contributed by atoms with Crippen molar-refractivity contribution in [1.29, 1.82) is 0 Å². The van der Waals surface area contributed by atoms with Crippen LogP contribution >= 0.6 is 7.82 Å². The number of nitrogens with zero attached hydrogens (tertiary/aromatic N) is 1. The van der Waals surface area contributed by atoms with E-state index in [1.54, 1.807) is 0 Å². The van der Waals surface area contributed by atoms with Crippen molar-refractivity contribution in [2.45, 2.75) is 258 Å². The summed E-state index contributed by atoms with van der Waals surface area (Å²) in [4.78, 5) is 25.1. The standard InChI is InChI=1S/C49H100NO7P/c1-6-8-10-12-14-16-18-20-22-24-25-27-29-31-33-35-37-39-41-44-54-46-48(47-56-58(52,53)55-45-43-50(3,4)5)57-49(51)42-40-38-36-34-32-30-28-26-23-21-19-17-15-13-11-9-7-2/h48H,6-47H2,1-5H3. The summed E-state index contributed by atoms with van der Waals surface area (Å²) >= 11 is 0. The van der Waals surface area contributed by atoms with Gasteiger partial charge in [0.2, 0.25) is 0 Å². The number of hydrogen-bond donors (Lipinski definition) is 0. The van der Waals surface area contributed by atoms with Gasteiger partial charge in [-0.15, -0.1) is 0 Å². The third kappa shape index (κ3) is 46.6. The van der Waals surface area contributed by atoms with Gasteiger partial charge >= 0.3 is 5.97 Å². The van der Waals surface area contributed by atoms with Crippen LogP contribution in [0.15, 0.2) is 0 Å². The number of hydrogen-bond acceptors (Lipinski definition) is 7. The fourth-order valence-electron chi connectivity index (χ4n) is 7.49. The molecule has 0 fully saturated rings. The van der Waals surface area contributed by atoms with Gasteiger partial charge in [-0.1, -0.05) is 232 Å². The quantitative estimate of drug-likeness (QED) is 0.0260. The first-order valence-corrected chi connectivity index (χ1v) is 26.7. The predicted molar refractivity (Wildman–Crippen MR) is 245 cm³/mol. The number of esters is 1. The summed E-state index contributed by atoms with van der Waals surface area (Å²) in [6.45, 7) is 5.49. The highest BCUT2D eigenvalue weighted by Crippen LogP contribution is 2.38. The fraction of sp³-hybridized carbons (Fsp3) is 0.980. The molecule has 0 aliphatic heterocycles. The van der Waals surface area contributed by atoms with E-state index in [1.807, 2.05) is 21.1 Å². The van der Waals surface area contributed by atoms with Crippen molar-refractivity contribution >= 4 is 13.8 Å². The lowest BCUT2D eigenvalue weighted by atomic mass is 10.0. The molecule has 0 aliphatic carbocycles. The van der Waals surface area contributed by atoms with Gasteiger partial charge in [-0.3, -0.25) is 9.36 Å². The molecule has 0 bridgehead atoms. The van der Waals surface area contributed by atoms with Crippen molar-refractivity contribution in [2.75, 3.05) is 54.1 Å². The van der Waals surface area contributed by atoms with Crippen molar-refractivity contribution in [3.63, 3.8) is 0 Å². The van der Waals surface area contributed by atoms with Gasteiger partial charge in [0.25, 0.3) is 7.82 Å². The Hall–Kier alpha value is -0.500. The zero-order chi connectivity index (χ0) is 42.7. The minimum Gasteiger partial charge on any atom is -0.756 e. The maximum Gasteiger partial charge on any atom is 0.306 e. The largest absolute Gasteiger partial charge is 0.756 e. The molecule has 0 aromatic carbocycles. The van der Waals surface area contributed by atoms with Crippen LogP contribution in [-0.2, 0) is 27.9 Å². The normalized spacial score (nSPS) is 13.6. The van der Waals surface area contributed by atoms with Crippen LogP contribution in [0.3, 0.4) is 0 Å². The Balaban J connectivity index is 4.09. The van der Waals surface area contributed by atoms with Gasteiger partial charge in [0, 0.05) is 13.0 Å². The maximum absolute atomic E-state index is 12.7. The SMILES string of the molecule is CCCCCCCCCCCCCCCCCCCCCOCC(COP(=O)([O-])OCC[N+](C)(C)C)OC(=O)CCCCCCCCCCCCCCCCCCC. The van der Waals surface area contributed by atoms with Gasteiger partial charge < -0.3 is 27.9 Å². The van der Waals surface area contributed by atoms with Crippen molar-refractivity contribution in [3.8, 4) is 0 Å². The molecule has 9 heteroatoms. The number of phosphoric ester groups is 1. The molecular formula is C49H100NO7P. The average Bonchev–Trinajstić information content (AvgIpc) is 3.18. The molecule has 2 unspecified atom stereocenters. The molecule has 0 saturated heterocycles. The number of unbranched alkanes of at least 4 members (excludes halogenated alkanes) is 34. The van der Waals surface area contributed by atoms with E-state index in [2.05, 4.69) is 13.8 Å². The highest BCUT2D eigenvalue weighted by atomic mass is 31.2. The molecule has 8 nitrogen and oxygen atoms in total. The van der Waals surface area contributed by atoms with Crippen LogP contribution in [0.25, 0.3) is 0 Å². The van der Waals surface area contributed by atoms with Crippen LogP contribution in [0.1, 0.15) is 251 Å². The van der Waals surface area contributed by atoms with E-state index < -0.39 is 13.9 Å². The van der Waals surface area contributed by atoms with Crippen LogP contribution < -0.4 is 4.89 Å². The van der Waals surface area contributed by atoms with Crippen molar-refractivity contribution < 1.29 is 37.3 Å². The van der Waals surface area contributed by atoms with Crippen LogP contribution in [-0.4, -0.2) is 70.7 Å². The second kappa shape index (κ2) is 43.2. The molecule has 0 spiro atoms. The Morgan fingerprint density at radius 3 is 1.14 bits per heavy atom. The first-order valence-electron chi connectivity index (χ1n) is 25.3. The van der Waals surface area contributed by atoms with E-state index in [1.165, 1.54) is 199 Å². The Kier molecular flexibility index (Phi) is 42.8. The number of rotatable bonds is 48. The summed E-state index contributed by atoms with van der Waals surface area (Å²) < 4.78 is 34.7. The zero-order valence-electron chi connectivity index (χ0n) is 39.5. The number of likely N-dealkylation sites (N-methyl/N-ethyl adjacent to an activating group) is 1. The molecule has 0 N–H and O–H groups in total. The van der Waals surface area contributed by atoms with Crippen molar-refractivity contribution in [2.24, 2.45) is 0 Å². The Morgan fingerprint density at radius 2 is 0.793 bits per heavy atom. The lowest BCUT2D eigenvalue weighted by Gasteiger charge is -2.28. The molecule has 58 heavy (non-hydrogen) atoms. The lowest BCUT2D eigenvalue weighted by Crippen LogP contribution is -2.37. The number of carbonyl (C=O) groups is 1. The van der Waals surface area contributed by atoms with Gasteiger partial charge in [-0.05, 0) is 12.8 Å². The van der Waals surface area contributed by atoms with E-state index >= 15 is 0 Å². The molecule has 0 amide bonds. The fourth-order valence-corrected chi connectivity index (χ4v) is 8.22. The van der Waals surface area contributed by atoms with E-state index in [4.69, 9.17) is 18.5 Å². The number of carbonyl (C=O) groups excluding carboxylic acids is 1. The van der Waals surface area contributed by atoms with Crippen LogP contribution in [0, 0.1) is 0 Å². The summed E-state index contributed by atoms with van der Waals surface area (Å²) in [5.74, 6) is -0.326. The first kappa shape index (κ1) is 57.5. The number of phosphoric acid groups is 1. The van der Waals surface area contributed by atoms with Gasteiger partial charge in [0.05, 0.1) is 34.4 Å². The highest BCUT2D eigenvalue weighted by Gasteiger charge is 2.20. The lowest BCUT2D eigenvalue weighted by molar-refractivity contribution is -0.870. The minimum absolute atomic E-state index is 0.0317. The van der Waals surface area contributed by atoms with Crippen LogP contribution in [0.4, 0.5) is 0 Å². The number of ether oxygens (including phenoxy) is 2. The Bertz CT molecular complexity index is 899. The zero-order valence-corrected chi connectivity index (χ0v) is 40.4. The molecule has 0 aromatic rings. The first-order chi connectivity index (χ1) is 28.1. The molecule has 2 atom stereocenters. The summed E-state index contributed by atoms with van der Waals surface area (Å²) in [5, 5.41) is 0. The van der Waals surface area contributed by atoms with E-state index in [-0.39, 0.29) is 25.8 Å². The summed E-state index contributed by atoms with van der Waals surface area (Å²) in [5.41, 5.74) is 0. The Morgan fingerprint density at radius 1 is 0.466 bits per heavy atom. The highest BCUT2D eigenvalue weighted by molar-refractivity contribution is 7.45. The monoisotopic (exact) mass is 846 g/mol. The van der Waals surface area contributed by atoms with Gasteiger partial charge in [-0.2, -0.15) is 0 Å². The third-order valence-corrected chi connectivity index (χ3v) is 12.4. The van der Waals surface area contributed by atoms with E-state index in [9.17, 15) is 14.3 Å².